The van der Waals surface area contributed by atoms with Gasteiger partial charge in [-0.05, 0) is 12.1 Å². The minimum atomic E-state index is -1.33. The molecule has 0 spiro atoms. The molecule has 0 aliphatic rings. The Bertz CT molecular complexity index is 643. The summed E-state index contributed by atoms with van der Waals surface area (Å²) in [6.07, 6.45) is 0. The van der Waals surface area contributed by atoms with Gasteiger partial charge >= 0.3 is 11.6 Å². The first-order valence-electron chi connectivity index (χ1n) is 5.05. The zero-order chi connectivity index (χ0) is 13.1. The summed E-state index contributed by atoms with van der Waals surface area (Å²) >= 11 is 0. The number of hydrogen-bond donors (Lipinski definition) is 1. The average molecular weight is 250 g/mol. The number of hydrogen-bond acceptors (Lipinski definition) is 5. The summed E-state index contributed by atoms with van der Waals surface area (Å²) in [5.41, 5.74) is -1.13. The molecule has 6 heteroatoms. The second-order valence-electron chi connectivity index (χ2n) is 3.48. The SMILES string of the molecule is COCOc1cccc2cc(C(=O)O)c(=O)oc12. The van der Waals surface area contributed by atoms with E-state index in [4.69, 9.17) is 19.0 Å². The van der Waals surface area contributed by atoms with Crippen molar-refractivity contribution in [3.8, 4) is 5.75 Å². The molecule has 1 heterocycles. The Kier molecular flexibility index (Phi) is 3.29. The Labute approximate surface area is 101 Å². The largest absolute Gasteiger partial charge is 0.477 e. The molecule has 2 rings (SSSR count). The van der Waals surface area contributed by atoms with E-state index in [-0.39, 0.29) is 12.4 Å². The summed E-state index contributed by atoms with van der Waals surface area (Å²) in [4.78, 5) is 22.3. The van der Waals surface area contributed by atoms with Crippen molar-refractivity contribution in [2.24, 2.45) is 0 Å². The Morgan fingerprint density at radius 1 is 1.44 bits per heavy atom. The van der Waals surface area contributed by atoms with Crippen molar-refractivity contribution in [3.05, 3.63) is 40.2 Å². The fraction of sp³-hybridized carbons (Fsp3) is 0.167. The molecule has 0 saturated carbocycles. The Balaban J connectivity index is 2.61. The molecule has 18 heavy (non-hydrogen) atoms. The molecule has 0 bridgehead atoms. The second kappa shape index (κ2) is 4.89. The van der Waals surface area contributed by atoms with E-state index >= 15 is 0 Å². The van der Waals surface area contributed by atoms with Gasteiger partial charge in [-0.1, -0.05) is 12.1 Å². The molecule has 94 valence electrons. The first-order chi connectivity index (χ1) is 8.63. The van der Waals surface area contributed by atoms with E-state index in [9.17, 15) is 9.59 Å². The summed E-state index contributed by atoms with van der Waals surface area (Å²) in [6.45, 7) is 0.00348. The zero-order valence-electron chi connectivity index (χ0n) is 9.50. The van der Waals surface area contributed by atoms with Crippen molar-refractivity contribution in [2.75, 3.05) is 13.9 Å². The molecule has 0 aliphatic carbocycles. The van der Waals surface area contributed by atoms with Crippen molar-refractivity contribution >= 4 is 16.9 Å². The zero-order valence-corrected chi connectivity index (χ0v) is 9.50. The molecule has 0 unspecified atom stereocenters. The number of rotatable bonds is 4. The highest BCUT2D eigenvalue weighted by molar-refractivity contribution is 5.92. The molecule has 0 aliphatic heterocycles. The molecule has 0 radical (unpaired) electrons. The fourth-order valence-corrected chi connectivity index (χ4v) is 1.50. The molecular weight excluding hydrogens is 240 g/mol. The Hall–Kier alpha value is -2.34. The molecule has 0 amide bonds. The number of carboxylic acid groups (broad SMARTS) is 1. The van der Waals surface area contributed by atoms with Gasteiger partial charge in [0.2, 0.25) is 0 Å². The third kappa shape index (κ3) is 2.18. The van der Waals surface area contributed by atoms with Gasteiger partial charge in [0.15, 0.2) is 18.1 Å². The minimum Gasteiger partial charge on any atom is -0.477 e. The van der Waals surface area contributed by atoms with E-state index in [2.05, 4.69) is 0 Å². The van der Waals surface area contributed by atoms with Crippen LogP contribution < -0.4 is 10.4 Å². The van der Waals surface area contributed by atoms with Crippen molar-refractivity contribution < 1.29 is 23.8 Å². The molecule has 2 aromatic rings. The van der Waals surface area contributed by atoms with Gasteiger partial charge in [-0.15, -0.1) is 0 Å². The molecule has 1 aromatic carbocycles. The van der Waals surface area contributed by atoms with Crippen molar-refractivity contribution in [2.45, 2.75) is 0 Å². The summed E-state index contributed by atoms with van der Waals surface area (Å²) in [5.74, 6) is -1.00. The van der Waals surface area contributed by atoms with E-state index < -0.39 is 17.2 Å². The Morgan fingerprint density at radius 3 is 2.89 bits per heavy atom. The van der Waals surface area contributed by atoms with Gasteiger partial charge in [0.1, 0.15) is 5.56 Å². The predicted molar refractivity (Wildman–Crippen MR) is 61.9 cm³/mol. The number of carbonyl (C=O) groups is 1. The van der Waals surface area contributed by atoms with Gasteiger partial charge < -0.3 is 19.0 Å². The van der Waals surface area contributed by atoms with Gasteiger partial charge in [0, 0.05) is 12.5 Å². The van der Waals surface area contributed by atoms with E-state index in [0.717, 1.165) is 0 Å². The van der Waals surface area contributed by atoms with Crippen LogP contribution in [0.2, 0.25) is 0 Å². The number of para-hydroxylation sites is 1. The normalized spacial score (nSPS) is 10.5. The molecule has 0 saturated heterocycles. The molecule has 0 atom stereocenters. The quantitative estimate of drug-likeness (QED) is 0.653. The lowest BCUT2D eigenvalue weighted by Crippen LogP contribution is -2.13. The standard InChI is InChI=1S/C12H10O6/c1-16-6-17-9-4-2-3-7-5-8(11(13)14)12(15)18-10(7)9/h2-5H,6H2,1H3,(H,13,14). The summed E-state index contributed by atoms with van der Waals surface area (Å²) in [7, 11) is 1.46. The molecule has 1 N–H and O–H groups in total. The smallest absolute Gasteiger partial charge is 0.351 e. The highest BCUT2D eigenvalue weighted by Gasteiger charge is 2.14. The van der Waals surface area contributed by atoms with Crippen LogP contribution in [0.3, 0.4) is 0 Å². The van der Waals surface area contributed by atoms with Crippen LogP contribution >= 0.6 is 0 Å². The molecular formula is C12H10O6. The van der Waals surface area contributed by atoms with Crippen LogP contribution in [0.15, 0.2) is 33.5 Å². The summed E-state index contributed by atoms with van der Waals surface area (Å²) in [6, 6.07) is 6.15. The van der Waals surface area contributed by atoms with Crippen LogP contribution in [-0.4, -0.2) is 25.0 Å². The van der Waals surface area contributed by atoms with Crippen LogP contribution in [0, 0.1) is 0 Å². The third-order valence-corrected chi connectivity index (χ3v) is 2.29. The number of methoxy groups -OCH3 is 1. The maximum Gasteiger partial charge on any atom is 0.351 e. The van der Waals surface area contributed by atoms with E-state index in [1.165, 1.54) is 13.2 Å². The lowest BCUT2D eigenvalue weighted by atomic mass is 10.2. The summed E-state index contributed by atoms with van der Waals surface area (Å²) in [5, 5.41) is 9.30. The predicted octanol–water partition coefficient (Wildman–Crippen LogP) is 1.47. The first kappa shape index (κ1) is 12.1. The van der Waals surface area contributed by atoms with E-state index in [0.29, 0.717) is 11.1 Å². The Morgan fingerprint density at radius 2 is 2.22 bits per heavy atom. The second-order valence-corrected chi connectivity index (χ2v) is 3.48. The van der Waals surface area contributed by atoms with Gasteiger partial charge in [-0.25, -0.2) is 9.59 Å². The fourth-order valence-electron chi connectivity index (χ4n) is 1.50. The van der Waals surface area contributed by atoms with E-state index in [1.54, 1.807) is 18.2 Å². The van der Waals surface area contributed by atoms with Gasteiger partial charge in [-0.3, -0.25) is 0 Å². The van der Waals surface area contributed by atoms with Gasteiger partial charge in [-0.2, -0.15) is 0 Å². The average Bonchev–Trinajstić information content (AvgIpc) is 2.35. The van der Waals surface area contributed by atoms with Crippen molar-refractivity contribution in [1.29, 1.82) is 0 Å². The number of fused-ring (bicyclic) bond motifs is 1. The van der Waals surface area contributed by atoms with Gasteiger partial charge in [0.05, 0.1) is 0 Å². The van der Waals surface area contributed by atoms with E-state index in [1.807, 2.05) is 0 Å². The number of carboxylic acids is 1. The van der Waals surface area contributed by atoms with Crippen LogP contribution in [0.4, 0.5) is 0 Å². The van der Waals surface area contributed by atoms with Crippen LogP contribution in [0.1, 0.15) is 10.4 Å². The third-order valence-electron chi connectivity index (χ3n) is 2.29. The van der Waals surface area contributed by atoms with Crippen LogP contribution in [0.5, 0.6) is 5.75 Å². The summed E-state index contributed by atoms with van der Waals surface area (Å²) < 4.78 is 14.9. The highest BCUT2D eigenvalue weighted by Crippen LogP contribution is 2.24. The topological polar surface area (TPSA) is 86.0 Å². The lowest BCUT2D eigenvalue weighted by Gasteiger charge is -2.06. The molecule has 6 nitrogen and oxygen atoms in total. The molecule has 0 fully saturated rings. The van der Waals surface area contributed by atoms with Gasteiger partial charge in [0.25, 0.3) is 0 Å². The minimum absolute atomic E-state index is 0.00348. The highest BCUT2D eigenvalue weighted by atomic mass is 16.7. The van der Waals surface area contributed by atoms with Crippen LogP contribution in [-0.2, 0) is 4.74 Å². The molecule has 1 aromatic heterocycles. The first-order valence-corrected chi connectivity index (χ1v) is 5.05. The maximum atomic E-state index is 11.5. The lowest BCUT2D eigenvalue weighted by molar-refractivity contribution is 0.0513. The van der Waals surface area contributed by atoms with Crippen molar-refractivity contribution in [3.63, 3.8) is 0 Å². The van der Waals surface area contributed by atoms with Crippen LogP contribution in [0.25, 0.3) is 11.0 Å². The number of benzene rings is 1. The maximum absolute atomic E-state index is 11.5. The monoisotopic (exact) mass is 250 g/mol. The number of aromatic carboxylic acids is 1. The van der Waals surface area contributed by atoms with Crippen molar-refractivity contribution in [1.82, 2.24) is 0 Å². The number of ether oxygens (including phenoxy) is 2.